The van der Waals surface area contributed by atoms with Crippen molar-refractivity contribution in [1.82, 2.24) is 4.90 Å². The highest BCUT2D eigenvalue weighted by molar-refractivity contribution is 5.84. The van der Waals surface area contributed by atoms with E-state index in [2.05, 4.69) is 4.74 Å². The third kappa shape index (κ3) is 4.02. The zero-order chi connectivity index (χ0) is 12.8. The fraction of sp³-hybridized carbons (Fsp3) is 0.846. The van der Waals surface area contributed by atoms with Gasteiger partial charge in [-0.25, -0.2) is 0 Å². The van der Waals surface area contributed by atoms with Crippen LogP contribution in [0.25, 0.3) is 0 Å². The van der Waals surface area contributed by atoms with Crippen molar-refractivity contribution in [3.05, 3.63) is 0 Å². The van der Waals surface area contributed by atoms with Crippen molar-refractivity contribution in [3.63, 3.8) is 0 Å². The molecule has 0 N–H and O–H groups in total. The zero-order valence-corrected chi connectivity index (χ0v) is 11.1. The van der Waals surface area contributed by atoms with Gasteiger partial charge >= 0.3 is 5.97 Å². The minimum atomic E-state index is -0.345. The Hall–Kier alpha value is -1.06. The molecule has 1 aliphatic carbocycles. The van der Waals surface area contributed by atoms with Gasteiger partial charge in [0, 0.05) is 12.0 Å². The quantitative estimate of drug-likeness (QED) is 0.707. The second-order valence-corrected chi connectivity index (χ2v) is 4.97. The second kappa shape index (κ2) is 6.62. The van der Waals surface area contributed by atoms with Gasteiger partial charge in [-0.1, -0.05) is 19.3 Å². The molecule has 0 aromatic rings. The van der Waals surface area contributed by atoms with E-state index in [0.29, 0.717) is 0 Å². The van der Waals surface area contributed by atoms with Crippen LogP contribution in [0.3, 0.4) is 0 Å². The molecule has 1 aliphatic rings. The molecule has 1 fully saturated rings. The normalized spacial score (nSPS) is 16.9. The standard InChI is InChI=1S/C13H23NO3/c1-10(2)14(9-12(15)17-3)13(16)11-7-5-4-6-8-11/h10-11H,4-9H2,1-3H3. The largest absolute Gasteiger partial charge is 0.468 e. The number of rotatable bonds is 4. The van der Waals surface area contributed by atoms with E-state index in [1.54, 1.807) is 4.90 Å². The van der Waals surface area contributed by atoms with Crippen molar-refractivity contribution in [2.24, 2.45) is 5.92 Å². The molecule has 0 aliphatic heterocycles. The molecule has 98 valence electrons. The first kappa shape index (κ1) is 14.0. The van der Waals surface area contributed by atoms with Gasteiger partial charge in [-0.2, -0.15) is 0 Å². The lowest BCUT2D eigenvalue weighted by atomic mass is 9.88. The molecule has 0 radical (unpaired) electrons. The first-order chi connectivity index (χ1) is 8.06. The average Bonchev–Trinajstić information content (AvgIpc) is 2.35. The van der Waals surface area contributed by atoms with Gasteiger partial charge in [0.05, 0.1) is 7.11 Å². The van der Waals surface area contributed by atoms with E-state index in [1.165, 1.54) is 13.5 Å². The Kier molecular flexibility index (Phi) is 5.45. The topological polar surface area (TPSA) is 46.6 Å². The molecule has 1 amide bonds. The van der Waals surface area contributed by atoms with Gasteiger partial charge < -0.3 is 9.64 Å². The Morgan fingerprint density at radius 1 is 1.24 bits per heavy atom. The minimum absolute atomic E-state index is 0.0449. The number of methoxy groups -OCH3 is 1. The van der Waals surface area contributed by atoms with Crippen LogP contribution in [0, 0.1) is 5.92 Å². The molecule has 0 heterocycles. The van der Waals surface area contributed by atoms with Crippen LogP contribution in [0.15, 0.2) is 0 Å². The SMILES string of the molecule is COC(=O)CN(C(=O)C1CCCCC1)C(C)C. The first-order valence-electron chi connectivity index (χ1n) is 6.43. The van der Waals surface area contributed by atoms with Crippen molar-refractivity contribution in [3.8, 4) is 0 Å². The average molecular weight is 241 g/mol. The zero-order valence-electron chi connectivity index (χ0n) is 11.1. The highest BCUT2D eigenvalue weighted by Gasteiger charge is 2.28. The molecule has 17 heavy (non-hydrogen) atoms. The Balaban J connectivity index is 2.62. The molecule has 4 nitrogen and oxygen atoms in total. The smallest absolute Gasteiger partial charge is 0.325 e. The highest BCUT2D eigenvalue weighted by Crippen LogP contribution is 2.26. The number of carbonyl (C=O) groups excluding carboxylic acids is 2. The molecule has 0 spiro atoms. The maximum atomic E-state index is 12.3. The molecule has 0 atom stereocenters. The van der Waals surface area contributed by atoms with Crippen LogP contribution in [0.4, 0.5) is 0 Å². The molecule has 0 aromatic heterocycles. The molecule has 1 rings (SSSR count). The Morgan fingerprint density at radius 2 is 1.82 bits per heavy atom. The van der Waals surface area contributed by atoms with Gasteiger partial charge in [-0.3, -0.25) is 9.59 Å². The lowest BCUT2D eigenvalue weighted by molar-refractivity contribution is -0.150. The molecule has 4 heteroatoms. The summed E-state index contributed by atoms with van der Waals surface area (Å²) in [5, 5.41) is 0. The van der Waals surface area contributed by atoms with Crippen LogP contribution in [0.2, 0.25) is 0 Å². The van der Waals surface area contributed by atoms with Crippen molar-refractivity contribution >= 4 is 11.9 Å². The number of hydrogen-bond acceptors (Lipinski definition) is 3. The summed E-state index contributed by atoms with van der Waals surface area (Å²) < 4.78 is 4.64. The number of ether oxygens (including phenoxy) is 1. The van der Waals surface area contributed by atoms with Crippen LogP contribution in [0.1, 0.15) is 46.0 Å². The van der Waals surface area contributed by atoms with E-state index in [9.17, 15) is 9.59 Å². The van der Waals surface area contributed by atoms with E-state index in [-0.39, 0.29) is 30.4 Å². The van der Waals surface area contributed by atoms with Crippen molar-refractivity contribution < 1.29 is 14.3 Å². The van der Waals surface area contributed by atoms with Gasteiger partial charge in [-0.15, -0.1) is 0 Å². The fourth-order valence-corrected chi connectivity index (χ4v) is 2.30. The minimum Gasteiger partial charge on any atom is -0.468 e. The Labute approximate surface area is 103 Å². The van der Waals surface area contributed by atoms with Gasteiger partial charge in [-0.05, 0) is 26.7 Å². The van der Waals surface area contributed by atoms with E-state index >= 15 is 0 Å². The Bertz CT molecular complexity index is 270. The van der Waals surface area contributed by atoms with Crippen molar-refractivity contribution in [1.29, 1.82) is 0 Å². The molecule has 0 unspecified atom stereocenters. The summed E-state index contributed by atoms with van der Waals surface area (Å²) in [6.07, 6.45) is 5.40. The van der Waals surface area contributed by atoms with Gasteiger partial charge in [0.1, 0.15) is 6.54 Å². The van der Waals surface area contributed by atoms with Gasteiger partial charge in [0.15, 0.2) is 0 Å². The van der Waals surface area contributed by atoms with Gasteiger partial charge in [0.25, 0.3) is 0 Å². The van der Waals surface area contributed by atoms with Crippen LogP contribution >= 0.6 is 0 Å². The molecule has 1 saturated carbocycles. The summed E-state index contributed by atoms with van der Waals surface area (Å²) in [6, 6.07) is 0.0449. The molecule has 0 saturated heterocycles. The summed E-state index contributed by atoms with van der Waals surface area (Å²) in [6.45, 7) is 3.94. The van der Waals surface area contributed by atoms with Crippen LogP contribution < -0.4 is 0 Å². The molecular formula is C13H23NO3. The fourth-order valence-electron chi connectivity index (χ4n) is 2.30. The maximum Gasteiger partial charge on any atom is 0.325 e. The molecular weight excluding hydrogens is 218 g/mol. The van der Waals surface area contributed by atoms with E-state index in [4.69, 9.17) is 0 Å². The number of carbonyl (C=O) groups is 2. The summed E-state index contributed by atoms with van der Waals surface area (Å²) in [5.74, 6) is -0.122. The second-order valence-electron chi connectivity index (χ2n) is 4.97. The number of nitrogens with zero attached hydrogens (tertiary/aromatic N) is 1. The number of amides is 1. The summed E-state index contributed by atoms with van der Waals surface area (Å²) in [4.78, 5) is 25.2. The van der Waals surface area contributed by atoms with E-state index in [0.717, 1.165) is 25.7 Å². The highest BCUT2D eigenvalue weighted by atomic mass is 16.5. The summed E-state index contributed by atoms with van der Waals surface area (Å²) in [5.41, 5.74) is 0. The predicted octanol–water partition coefficient (Wildman–Crippen LogP) is 1.98. The molecule has 0 bridgehead atoms. The molecule has 0 aromatic carbocycles. The third-order valence-corrected chi connectivity index (χ3v) is 3.39. The number of esters is 1. The third-order valence-electron chi connectivity index (χ3n) is 3.39. The monoisotopic (exact) mass is 241 g/mol. The lowest BCUT2D eigenvalue weighted by Gasteiger charge is -2.31. The van der Waals surface area contributed by atoms with Gasteiger partial charge in [0.2, 0.25) is 5.91 Å². The van der Waals surface area contributed by atoms with Crippen LogP contribution in [0.5, 0.6) is 0 Å². The summed E-state index contributed by atoms with van der Waals surface area (Å²) >= 11 is 0. The summed E-state index contributed by atoms with van der Waals surface area (Å²) in [7, 11) is 1.35. The van der Waals surface area contributed by atoms with Crippen LogP contribution in [-0.4, -0.2) is 36.5 Å². The van der Waals surface area contributed by atoms with E-state index < -0.39 is 0 Å². The van der Waals surface area contributed by atoms with Crippen molar-refractivity contribution in [2.75, 3.05) is 13.7 Å². The Morgan fingerprint density at radius 3 is 2.29 bits per heavy atom. The first-order valence-corrected chi connectivity index (χ1v) is 6.43. The van der Waals surface area contributed by atoms with Crippen molar-refractivity contribution in [2.45, 2.75) is 52.0 Å². The van der Waals surface area contributed by atoms with Crippen LogP contribution in [-0.2, 0) is 14.3 Å². The predicted molar refractivity (Wildman–Crippen MR) is 65.4 cm³/mol. The lowest BCUT2D eigenvalue weighted by Crippen LogP contribution is -2.44. The van der Waals surface area contributed by atoms with E-state index in [1.807, 2.05) is 13.8 Å². The maximum absolute atomic E-state index is 12.3. The number of hydrogen-bond donors (Lipinski definition) is 0.